The van der Waals surface area contributed by atoms with Gasteiger partial charge in [0.05, 0.1) is 18.4 Å². The Bertz CT molecular complexity index is 825. The maximum absolute atomic E-state index is 11.7. The number of anilines is 2. The third kappa shape index (κ3) is 3.34. The van der Waals surface area contributed by atoms with Gasteiger partial charge in [-0.05, 0) is 25.1 Å². The summed E-state index contributed by atoms with van der Waals surface area (Å²) in [5, 5.41) is 18.4. The van der Waals surface area contributed by atoms with Gasteiger partial charge in [-0.25, -0.2) is 4.79 Å². The smallest absolute Gasteiger partial charge is 0.338 e. The van der Waals surface area contributed by atoms with Gasteiger partial charge in [0.1, 0.15) is 0 Å². The number of aryl methyl sites for hydroxylation is 1. The van der Waals surface area contributed by atoms with Crippen molar-refractivity contribution in [2.24, 2.45) is 7.05 Å². The second-order valence-electron chi connectivity index (χ2n) is 4.62. The van der Waals surface area contributed by atoms with E-state index in [-0.39, 0.29) is 17.9 Å². The molecule has 118 valence electrons. The summed E-state index contributed by atoms with van der Waals surface area (Å²) in [6.45, 7) is 2.08. The van der Waals surface area contributed by atoms with Gasteiger partial charge in [0, 0.05) is 12.7 Å². The first kappa shape index (κ1) is 14.7. The Kier molecular flexibility index (Phi) is 4.00. The van der Waals surface area contributed by atoms with Crippen molar-refractivity contribution < 1.29 is 13.9 Å². The lowest BCUT2D eigenvalue weighted by Gasteiger charge is -2.04. The number of aromatic nitrogens is 5. The molecule has 9 nitrogen and oxygen atoms in total. The molecule has 0 amide bonds. The van der Waals surface area contributed by atoms with Crippen molar-refractivity contribution in [2.45, 2.75) is 6.92 Å². The highest BCUT2D eigenvalue weighted by Crippen LogP contribution is 2.21. The molecule has 3 rings (SSSR count). The molecule has 0 aliphatic carbocycles. The van der Waals surface area contributed by atoms with Crippen LogP contribution in [-0.2, 0) is 11.8 Å². The van der Waals surface area contributed by atoms with Crippen LogP contribution >= 0.6 is 0 Å². The lowest BCUT2D eigenvalue weighted by atomic mass is 10.2. The van der Waals surface area contributed by atoms with Gasteiger partial charge in [0.2, 0.25) is 0 Å². The van der Waals surface area contributed by atoms with E-state index < -0.39 is 0 Å². The number of carbonyl (C=O) groups excluding carboxylic acids is 1. The number of nitrogens with zero attached hydrogens (tertiary/aromatic N) is 5. The fraction of sp³-hybridized carbons (Fsp3) is 0.214. The molecule has 2 heterocycles. The highest BCUT2D eigenvalue weighted by molar-refractivity contribution is 5.90. The van der Waals surface area contributed by atoms with Gasteiger partial charge in [-0.2, -0.15) is 0 Å². The number of esters is 1. The van der Waals surface area contributed by atoms with E-state index in [0.717, 1.165) is 0 Å². The molecule has 9 heteroatoms. The molecule has 0 saturated heterocycles. The van der Waals surface area contributed by atoms with E-state index in [1.165, 1.54) is 4.68 Å². The van der Waals surface area contributed by atoms with E-state index in [4.69, 9.17) is 9.15 Å². The van der Waals surface area contributed by atoms with Crippen molar-refractivity contribution >= 4 is 17.7 Å². The van der Waals surface area contributed by atoms with E-state index in [0.29, 0.717) is 23.6 Å². The predicted octanol–water partition coefficient (Wildman–Crippen LogP) is 1.79. The zero-order valence-electron chi connectivity index (χ0n) is 12.6. The van der Waals surface area contributed by atoms with Crippen LogP contribution in [0.5, 0.6) is 0 Å². The molecule has 0 unspecified atom stereocenters. The summed E-state index contributed by atoms with van der Waals surface area (Å²) in [6, 6.07) is 7.00. The summed E-state index contributed by atoms with van der Waals surface area (Å²) in [5.41, 5.74) is 1.55. The van der Waals surface area contributed by atoms with Gasteiger partial charge in [0.25, 0.3) is 5.89 Å². The lowest BCUT2D eigenvalue weighted by molar-refractivity contribution is 0.0526. The molecule has 1 N–H and O–H groups in total. The van der Waals surface area contributed by atoms with E-state index in [1.807, 2.05) is 0 Å². The normalized spacial score (nSPS) is 10.5. The summed E-state index contributed by atoms with van der Waals surface area (Å²) >= 11 is 0. The zero-order valence-corrected chi connectivity index (χ0v) is 12.6. The Balaban J connectivity index is 1.76. The van der Waals surface area contributed by atoms with Crippen LogP contribution in [0, 0.1) is 0 Å². The van der Waals surface area contributed by atoms with E-state index in [9.17, 15) is 4.79 Å². The molecule has 2 aromatic heterocycles. The minimum absolute atomic E-state index is 0.187. The first-order chi connectivity index (χ1) is 11.2. The maximum atomic E-state index is 11.7. The molecule has 0 atom stereocenters. The van der Waals surface area contributed by atoms with E-state index >= 15 is 0 Å². The van der Waals surface area contributed by atoms with Crippen molar-refractivity contribution in [1.82, 2.24) is 25.2 Å². The minimum Gasteiger partial charge on any atom is -0.462 e. The quantitative estimate of drug-likeness (QED) is 0.710. The third-order valence-corrected chi connectivity index (χ3v) is 2.87. The molecule has 0 aliphatic rings. The second-order valence-corrected chi connectivity index (χ2v) is 4.62. The molecule has 0 spiro atoms. The number of benzene rings is 1. The molecule has 23 heavy (non-hydrogen) atoms. The number of hydrogen-bond acceptors (Lipinski definition) is 8. The SMILES string of the molecule is CCOC(=O)c1cccc(Nc2nnc(-c3cn(C)nn3)o2)c1. The molecule has 0 saturated carbocycles. The van der Waals surface area contributed by atoms with Crippen LogP contribution in [0.15, 0.2) is 34.9 Å². The van der Waals surface area contributed by atoms with Crippen LogP contribution in [0.1, 0.15) is 17.3 Å². The van der Waals surface area contributed by atoms with Crippen LogP contribution in [0.25, 0.3) is 11.6 Å². The van der Waals surface area contributed by atoms with Crippen LogP contribution in [-0.4, -0.2) is 37.8 Å². The number of ether oxygens (including phenoxy) is 1. The van der Waals surface area contributed by atoms with Crippen molar-refractivity contribution in [2.75, 3.05) is 11.9 Å². The highest BCUT2D eigenvalue weighted by atomic mass is 16.5. The monoisotopic (exact) mass is 314 g/mol. The molecule has 0 aliphatic heterocycles. The number of rotatable bonds is 5. The summed E-state index contributed by atoms with van der Waals surface area (Å²) in [4.78, 5) is 11.7. The Morgan fingerprint density at radius 1 is 1.35 bits per heavy atom. The first-order valence-electron chi connectivity index (χ1n) is 6.90. The minimum atomic E-state index is -0.387. The average molecular weight is 314 g/mol. The molecule has 0 radical (unpaired) electrons. The van der Waals surface area contributed by atoms with Gasteiger partial charge in [-0.15, -0.1) is 10.2 Å². The zero-order chi connectivity index (χ0) is 16.2. The Labute approximate surface area is 131 Å². The van der Waals surface area contributed by atoms with Crippen molar-refractivity contribution in [3.8, 4) is 11.6 Å². The first-order valence-corrected chi connectivity index (χ1v) is 6.90. The lowest BCUT2D eigenvalue weighted by Crippen LogP contribution is -2.04. The van der Waals surface area contributed by atoms with Gasteiger partial charge < -0.3 is 14.5 Å². The molecule has 0 bridgehead atoms. The molecular formula is C14H14N6O3. The number of nitrogens with one attached hydrogen (secondary N) is 1. The van der Waals surface area contributed by atoms with E-state index in [1.54, 1.807) is 44.4 Å². The summed E-state index contributed by atoms with van der Waals surface area (Å²) in [6.07, 6.45) is 1.67. The van der Waals surface area contributed by atoms with Gasteiger partial charge in [0.15, 0.2) is 5.69 Å². The summed E-state index contributed by atoms with van der Waals surface area (Å²) < 4.78 is 12.0. The summed E-state index contributed by atoms with van der Waals surface area (Å²) in [7, 11) is 1.74. The Morgan fingerprint density at radius 3 is 2.96 bits per heavy atom. The maximum Gasteiger partial charge on any atom is 0.338 e. The average Bonchev–Trinajstić information content (AvgIpc) is 3.17. The molecular weight excluding hydrogens is 300 g/mol. The molecule has 0 fully saturated rings. The van der Waals surface area contributed by atoms with Crippen LogP contribution in [0.2, 0.25) is 0 Å². The Morgan fingerprint density at radius 2 is 2.22 bits per heavy atom. The van der Waals surface area contributed by atoms with Crippen molar-refractivity contribution in [1.29, 1.82) is 0 Å². The van der Waals surface area contributed by atoms with Crippen molar-refractivity contribution in [3.63, 3.8) is 0 Å². The third-order valence-electron chi connectivity index (χ3n) is 2.87. The largest absolute Gasteiger partial charge is 0.462 e. The number of hydrogen-bond donors (Lipinski definition) is 1. The molecule has 1 aromatic carbocycles. The fourth-order valence-electron chi connectivity index (χ4n) is 1.88. The highest BCUT2D eigenvalue weighted by Gasteiger charge is 2.13. The number of carbonyl (C=O) groups is 1. The van der Waals surface area contributed by atoms with Gasteiger partial charge in [-0.3, -0.25) is 4.68 Å². The van der Waals surface area contributed by atoms with Gasteiger partial charge >= 0.3 is 12.0 Å². The van der Waals surface area contributed by atoms with Gasteiger partial charge in [-0.1, -0.05) is 16.4 Å². The predicted molar refractivity (Wildman–Crippen MR) is 80.0 cm³/mol. The van der Waals surface area contributed by atoms with Crippen molar-refractivity contribution in [3.05, 3.63) is 36.0 Å². The topological polar surface area (TPSA) is 108 Å². The second kappa shape index (κ2) is 6.26. The summed E-state index contributed by atoms with van der Waals surface area (Å²) in [5.74, 6) is -0.135. The van der Waals surface area contributed by atoms with Crippen LogP contribution < -0.4 is 5.32 Å². The fourth-order valence-corrected chi connectivity index (χ4v) is 1.88. The van der Waals surface area contributed by atoms with E-state index in [2.05, 4.69) is 25.8 Å². The Hall–Kier alpha value is -3.23. The van der Waals surface area contributed by atoms with Crippen LogP contribution in [0.3, 0.4) is 0 Å². The molecule has 3 aromatic rings. The van der Waals surface area contributed by atoms with Crippen LogP contribution in [0.4, 0.5) is 11.7 Å². The standard InChI is InChI=1S/C14H14N6O3/c1-3-22-13(21)9-5-4-6-10(7-9)15-14-18-17-12(23-14)11-8-20(2)19-16-11/h4-8H,3H2,1-2H3,(H,15,18).